The van der Waals surface area contributed by atoms with E-state index in [1.165, 1.54) is 30.7 Å². The minimum Gasteiger partial charge on any atom is -0.399 e. The van der Waals surface area contributed by atoms with Crippen molar-refractivity contribution in [3.8, 4) is 0 Å². The Hall–Kier alpha value is -1.55. The summed E-state index contributed by atoms with van der Waals surface area (Å²) in [6.07, 6.45) is 3.56. The molecule has 0 bridgehead atoms. The first-order valence-electron chi connectivity index (χ1n) is 7.14. The second-order valence-corrected chi connectivity index (χ2v) is 5.52. The second kappa shape index (κ2) is 4.85. The van der Waals surface area contributed by atoms with Gasteiger partial charge in [-0.25, -0.2) is 4.98 Å². The van der Waals surface area contributed by atoms with Crippen LogP contribution in [-0.2, 0) is 13.0 Å². The molecule has 1 saturated heterocycles. The molecule has 4 heteroatoms. The summed E-state index contributed by atoms with van der Waals surface area (Å²) >= 11 is 0. The number of imidazole rings is 1. The van der Waals surface area contributed by atoms with Crippen LogP contribution in [0.4, 0.5) is 5.69 Å². The zero-order chi connectivity index (χ0) is 13.4. The van der Waals surface area contributed by atoms with Crippen LogP contribution in [0.3, 0.4) is 0 Å². The summed E-state index contributed by atoms with van der Waals surface area (Å²) in [6.45, 7) is 4.42. The molecule has 1 fully saturated rings. The fourth-order valence-corrected chi connectivity index (χ4v) is 3.09. The highest BCUT2D eigenvalue weighted by Gasteiger charge is 2.23. The molecule has 1 aromatic carbocycles. The van der Waals surface area contributed by atoms with Crippen LogP contribution in [0.25, 0.3) is 11.0 Å². The fraction of sp³-hybridized carbons (Fsp3) is 0.533. The predicted octanol–water partition coefficient (Wildman–Crippen LogP) is 2.28. The van der Waals surface area contributed by atoms with Crippen LogP contribution in [0.2, 0.25) is 0 Å². The molecule has 1 atom stereocenters. The van der Waals surface area contributed by atoms with E-state index in [0.717, 1.165) is 24.2 Å². The number of fused-ring (bicyclic) bond motifs is 1. The summed E-state index contributed by atoms with van der Waals surface area (Å²) in [6, 6.07) is 6.69. The third-order valence-corrected chi connectivity index (χ3v) is 4.23. The molecule has 0 radical (unpaired) electrons. The third-order valence-electron chi connectivity index (χ3n) is 4.23. The molecule has 0 saturated carbocycles. The molecule has 2 N–H and O–H groups in total. The van der Waals surface area contributed by atoms with Crippen LogP contribution in [-0.4, -0.2) is 34.1 Å². The molecular formula is C15H22N4. The first kappa shape index (κ1) is 12.5. The number of nitrogen functional groups attached to an aromatic ring is 1. The molecule has 102 valence electrons. The van der Waals surface area contributed by atoms with Gasteiger partial charge in [0.15, 0.2) is 0 Å². The lowest BCUT2D eigenvalue weighted by molar-refractivity contribution is 0.282. The quantitative estimate of drug-likeness (QED) is 0.859. The van der Waals surface area contributed by atoms with E-state index < -0.39 is 0 Å². The highest BCUT2D eigenvalue weighted by atomic mass is 15.2. The van der Waals surface area contributed by atoms with Crippen LogP contribution < -0.4 is 5.73 Å². The summed E-state index contributed by atoms with van der Waals surface area (Å²) in [5.74, 6) is 1.17. The maximum atomic E-state index is 5.85. The summed E-state index contributed by atoms with van der Waals surface area (Å²) in [7, 11) is 2.22. The van der Waals surface area contributed by atoms with Crippen LogP contribution >= 0.6 is 0 Å². The lowest BCUT2D eigenvalue weighted by Crippen LogP contribution is -2.29. The maximum Gasteiger partial charge on any atom is 0.109 e. The Balaban J connectivity index is 2.00. The van der Waals surface area contributed by atoms with Gasteiger partial charge in [-0.3, -0.25) is 0 Å². The standard InChI is InChI=1S/C15H22N4/c1-3-15-17-13-9-11(16)6-7-14(13)19(15)10-12-5-4-8-18(12)2/h6-7,9,12H,3-5,8,10,16H2,1-2H3. The van der Waals surface area contributed by atoms with Crippen molar-refractivity contribution in [2.75, 3.05) is 19.3 Å². The van der Waals surface area contributed by atoms with Crippen molar-refractivity contribution in [2.24, 2.45) is 0 Å². The SMILES string of the molecule is CCc1nc2cc(N)ccc2n1CC1CCCN1C. The van der Waals surface area contributed by atoms with E-state index in [-0.39, 0.29) is 0 Å². The summed E-state index contributed by atoms with van der Waals surface area (Å²) in [4.78, 5) is 7.18. The van der Waals surface area contributed by atoms with Crippen molar-refractivity contribution < 1.29 is 0 Å². The Labute approximate surface area is 114 Å². The average Bonchev–Trinajstić information content (AvgIpc) is 2.94. The zero-order valence-electron chi connectivity index (χ0n) is 11.8. The Bertz CT molecular complexity index is 587. The van der Waals surface area contributed by atoms with Gasteiger partial charge in [0, 0.05) is 24.7 Å². The number of likely N-dealkylation sites (N-methyl/N-ethyl adjacent to an activating group) is 1. The molecule has 1 aliphatic heterocycles. The zero-order valence-corrected chi connectivity index (χ0v) is 11.8. The predicted molar refractivity (Wildman–Crippen MR) is 79.2 cm³/mol. The van der Waals surface area contributed by atoms with E-state index in [9.17, 15) is 0 Å². The van der Waals surface area contributed by atoms with Crippen molar-refractivity contribution in [3.05, 3.63) is 24.0 Å². The summed E-state index contributed by atoms with van der Waals surface area (Å²) in [5, 5.41) is 0. The van der Waals surface area contributed by atoms with Gasteiger partial charge in [-0.05, 0) is 44.6 Å². The summed E-state index contributed by atoms with van der Waals surface area (Å²) in [5.41, 5.74) is 8.88. The molecule has 1 unspecified atom stereocenters. The summed E-state index contributed by atoms with van der Waals surface area (Å²) < 4.78 is 2.38. The van der Waals surface area contributed by atoms with Crippen LogP contribution in [0.5, 0.6) is 0 Å². The largest absolute Gasteiger partial charge is 0.399 e. The monoisotopic (exact) mass is 258 g/mol. The van der Waals surface area contributed by atoms with Crippen molar-refractivity contribution in [1.29, 1.82) is 0 Å². The molecular weight excluding hydrogens is 236 g/mol. The van der Waals surface area contributed by atoms with Crippen molar-refractivity contribution in [3.63, 3.8) is 0 Å². The number of likely N-dealkylation sites (tertiary alicyclic amines) is 1. The Morgan fingerprint density at radius 1 is 1.42 bits per heavy atom. The van der Waals surface area contributed by atoms with Gasteiger partial charge in [-0.2, -0.15) is 0 Å². The number of aryl methyl sites for hydroxylation is 1. The van der Waals surface area contributed by atoms with E-state index in [0.29, 0.717) is 6.04 Å². The van der Waals surface area contributed by atoms with Crippen LogP contribution in [0, 0.1) is 0 Å². The van der Waals surface area contributed by atoms with E-state index in [1.54, 1.807) is 0 Å². The third kappa shape index (κ3) is 2.21. The number of hydrogen-bond acceptors (Lipinski definition) is 3. The fourth-order valence-electron chi connectivity index (χ4n) is 3.09. The average molecular weight is 258 g/mol. The number of nitrogens with two attached hydrogens (primary N) is 1. The number of nitrogens with zero attached hydrogens (tertiary/aromatic N) is 3. The normalized spacial score (nSPS) is 20.4. The van der Waals surface area contributed by atoms with Gasteiger partial charge in [0.1, 0.15) is 5.82 Å². The highest BCUT2D eigenvalue weighted by molar-refractivity contribution is 5.79. The van der Waals surface area contributed by atoms with Crippen molar-refractivity contribution in [1.82, 2.24) is 14.5 Å². The van der Waals surface area contributed by atoms with E-state index >= 15 is 0 Å². The van der Waals surface area contributed by atoms with Gasteiger partial charge < -0.3 is 15.2 Å². The molecule has 0 aliphatic carbocycles. The number of rotatable bonds is 3. The van der Waals surface area contributed by atoms with Gasteiger partial charge in [-0.15, -0.1) is 0 Å². The lowest BCUT2D eigenvalue weighted by Gasteiger charge is -2.21. The molecule has 19 heavy (non-hydrogen) atoms. The second-order valence-electron chi connectivity index (χ2n) is 5.52. The lowest BCUT2D eigenvalue weighted by atomic mass is 10.2. The molecule has 2 aromatic rings. The van der Waals surface area contributed by atoms with E-state index in [1.807, 2.05) is 12.1 Å². The highest BCUT2D eigenvalue weighted by Crippen LogP contribution is 2.23. The minimum atomic E-state index is 0.639. The van der Waals surface area contributed by atoms with Crippen LogP contribution in [0.1, 0.15) is 25.6 Å². The van der Waals surface area contributed by atoms with Crippen molar-refractivity contribution >= 4 is 16.7 Å². The van der Waals surface area contributed by atoms with E-state index in [4.69, 9.17) is 10.7 Å². The number of hydrogen-bond donors (Lipinski definition) is 1. The minimum absolute atomic E-state index is 0.639. The van der Waals surface area contributed by atoms with Gasteiger partial charge in [0.25, 0.3) is 0 Å². The Kier molecular flexibility index (Phi) is 3.19. The number of aromatic nitrogens is 2. The van der Waals surface area contributed by atoms with E-state index in [2.05, 4.69) is 29.5 Å². The Morgan fingerprint density at radius 3 is 2.95 bits per heavy atom. The maximum absolute atomic E-state index is 5.85. The topological polar surface area (TPSA) is 47.1 Å². The Morgan fingerprint density at radius 2 is 2.26 bits per heavy atom. The molecule has 1 aliphatic rings. The molecule has 4 nitrogen and oxygen atoms in total. The number of anilines is 1. The van der Waals surface area contributed by atoms with Gasteiger partial charge in [-0.1, -0.05) is 6.92 Å². The first-order chi connectivity index (χ1) is 9.19. The number of benzene rings is 1. The molecule has 3 rings (SSSR count). The van der Waals surface area contributed by atoms with Gasteiger partial charge in [0.2, 0.25) is 0 Å². The van der Waals surface area contributed by atoms with Crippen LogP contribution in [0.15, 0.2) is 18.2 Å². The molecule has 0 spiro atoms. The van der Waals surface area contributed by atoms with Gasteiger partial charge in [0.05, 0.1) is 11.0 Å². The van der Waals surface area contributed by atoms with Gasteiger partial charge >= 0.3 is 0 Å². The van der Waals surface area contributed by atoms with Crippen molar-refractivity contribution in [2.45, 2.75) is 38.8 Å². The molecule has 0 amide bonds. The first-order valence-corrected chi connectivity index (χ1v) is 7.14. The molecule has 1 aromatic heterocycles. The smallest absolute Gasteiger partial charge is 0.109 e. The molecule has 2 heterocycles.